The zero-order valence-electron chi connectivity index (χ0n) is 20.5. The summed E-state index contributed by atoms with van der Waals surface area (Å²) in [6.45, 7) is 8.30. The molecule has 0 aliphatic carbocycles. The van der Waals surface area contributed by atoms with Crippen LogP contribution >= 0.6 is 0 Å². The Morgan fingerprint density at radius 3 is 2.49 bits per heavy atom. The predicted octanol–water partition coefficient (Wildman–Crippen LogP) is 1.35. The molecule has 0 bridgehead atoms. The van der Waals surface area contributed by atoms with Crippen LogP contribution in [0.15, 0.2) is 36.7 Å². The fraction of sp³-hybridized carbons (Fsp3) is 0.458. The molecular formula is C24H32N6O4S. The van der Waals surface area contributed by atoms with Gasteiger partial charge in [-0.05, 0) is 36.6 Å². The molecule has 1 N–H and O–H groups in total. The number of amides is 2. The first-order valence-electron chi connectivity index (χ1n) is 11.6. The first kappa shape index (κ1) is 24.9. The number of carbonyl (C=O) groups excluding carboxylic acids is 2. The summed E-state index contributed by atoms with van der Waals surface area (Å²) in [6.07, 6.45) is 3.86. The second-order valence-corrected chi connectivity index (χ2v) is 11.2. The van der Waals surface area contributed by atoms with Gasteiger partial charge >= 0.3 is 0 Å². The van der Waals surface area contributed by atoms with Crippen LogP contribution in [-0.2, 0) is 34.8 Å². The van der Waals surface area contributed by atoms with Gasteiger partial charge in [-0.1, -0.05) is 12.6 Å². The van der Waals surface area contributed by atoms with Crippen molar-refractivity contribution in [1.29, 1.82) is 0 Å². The largest absolute Gasteiger partial charge is 0.343 e. The number of nitrogens with zero attached hydrogens (tertiary/aromatic N) is 5. The van der Waals surface area contributed by atoms with Crippen molar-refractivity contribution in [3.05, 3.63) is 58.9 Å². The molecule has 2 aromatic rings. The van der Waals surface area contributed by atoms with E-state index in [2.05, 4.69) is 17.0 Å². The number of benzene rings is 1. The number of aryl methyl sites for hydroxylation is 3. The molecule has 2 aliphatic heterocycles. The van der Waals surface area contributed by atoms with Crippen LogP contribution in [0.2, 0.25) is 0 Å². The number of piperazine rings is 1. The van der Waals surface area contributed by atoms with E-state index < -0.39 is 10.0 Å². The van der Waals surface area contributed by atoms with Crippen LogP contribution in [-0.4, -0.2) is 83.1 Å². The van der Waals surface area contributed by atoms with Gasteiger partial charge in [0.2, 0.25) is 15.9 Å². The van der Waals surface area contributed by atoms with Gasteiger partial charge in [0.1, 0.15) is 5.82 Å². The number of carbonyl (C=O) groups is 2. The quantitative estimate of drug-likeness (QED) is 0.664. The SMILES string of the molecule is C=C1CN(C(=O)c2ccc(CCC(=O)N3CCN(S(C)(=O)=O)CC3)c(C)c2)Cc2cnn(C)c2N1. The van der Waals surface area contributed by atoms with E-state index in [4.69, 9.17) is 0 Å². The molecule has 11 heteroatoms. The molecule has 0 radical (unpaired) electrons. The van der Waals surface area contributed by atoms with E-state index in [1.165, 1.54) is 10.6 Å². The van der Waals surface area contributed by atoms with Gasteiger partial charge < -0.3 is 15.1 Å². The lowest BCUT2D eigenvalue weighted by atomic mass is 10.00. The van der Waals surface area contributed by atoms with Crippen LogP contribution in [0.1, 0.15) is 33.5 Å². The molecule has 0 saturated carbocycles. The second-order valence-electron chi connectivity index (χ2n) is 9.22. The summed E-state index contributed by atoms with van der Waals surface area (Å²) < 4.78 is 26.5. The summed E-state index contributed by atoms with van der Waals surface area (Å²) in [5, 5.41) is 7.50. The molecule has 2 amide bonds. The molecule has 0 spiro atoms. The average molecular weight is 501 g/mol. The third kappa shape index (κ3) is 5.57. The summed E-state index contributed by atoms with van der Waals surface area (Å²) in [5.74, 6) is 0.777. The smallest absolute Gasteiger partial charge is 0.254 e. The Morgan fingerprint density at radius 1 is 1.11 bits per heavy atom. The van der Waals surface area contributed by atoms with Crippen molar-refractivity contribution in [3.63, 3.8) is 0 Å². The highest BCUT2D eigenvalue weighted by molar-refractivity contribution is 7.88. The number of hydrogen-bond donors (Lipinski definition) is 1. The van der Waals surface area contributed by atoms with Gasteiger partial charge in [-0.3, -0.25) is 14.3 Å². The molecule has 10 nitrogen and oxygen atoms in total. The molecule has 1 aromatic carbocycles. The van der Waals surface area contributed by atoms with Crippen LogP contribution in [0.4, 0.5) is 5.82 Å². The Bertz CT molecular complexity index is 1260. The maximum Gasteiger partial charge on any atom is 0.254 e. The normalized spacial score (nSPS) is 17.1. The molecule has 1 fully saturated rings. The maximum absolute atomic E-state index is 13.3. The molecule has 188 valence electrons. The average Bonchev–Trinajstić information content (AvgIpc) is 3.05. The summed E-state index contributed by atoms with van der Waals surface area (Å²) >= 11 is 0. The Balaban J connectivity index is 1.37. The molecule has 35 heavy (non-hydrogen) atoms. The number of fused-ring (bicyclic) bond motifs is 1. The highest BCUT2D eigenvalue weighted by Crippen LogP contribution is 2.24. The van der Waals surface area contributed by atoms with Gasteiger partial charge in [-0.2, -0.15) is 9.40 Å². The van der Waals surface area contributed by atoms with Gasteiger partial charge in [0, 0.05) is 56.5 Å². The highest BCUT2D eigenvalue weighted by atomic mass is 32.2. The molecule has 1 saturated heterocycles. The molecule has 0 atom stereocenters. The minimum absolute atomic E-state index is 0.0144. The maximum atomic E-state index is 13.3. The third-order valence-electron chi connectivity index (χ3n) is 6.60. The van der Waals surface area contributed by atoms with Crippen molar-refractivity contribution in [2.24, 2.45) is 7.05 Å². The van der Waals surface area contributed by atoms with Gasteiger partial charge in [0.05, 0.1) is 25.5 Å². The molecule has 3 heterocycles. The van der Waals surface area contributed by atoms with Crippen molar-refractivity contribution in [2.75, 3.05) is 44.3 Å². The van der Waals surface area contributed by atoms with Crippen molar-refractivity contribution >= 4 is 27.7 Å². The van der Waals surface area contributed by atoms with E-state index in [9.17, 15) is 18.0 Å². The Kier molecular flexibility index (Phi) is 7.00. The molecule has 1 aromatic heterocycles. The molecular weight excluding hydrogens is 468 g/mol. The summed E-state index contributed by atoms with van der Waals surface area (Å²) in [5.41, 5.74) is 4.23. The van der Waals surface area contributed by atoms with Crippen molar-refractivity contribution < 1.29 is 18.0 Å². The van der Waals surface area contributed by atoms with Crippen molar-refractivity contribution in [1.82, 2.24) is 23.9 Å². The van der Waals surface area contributed by atoms with E-state index in [-0.39, 0.29) is 11.8 Å². The van der Waals surface area contributed by atoms with Gasteiger partial charge in [0.25, 0.3) is 5.91 Å². The lowest BCUT2D eigenvalue weighted by Crippen LogP contribution is -2.50. The van der Waals surface area contributed by atoms with Crippen LogP contribution < -0.4 is 5.32 Å². The molecule has 2 aliphatic rings. The lowest BCUT2D eigenvalue weighted by Gasteiger charge is -2.33. The first-order chi connectivity index (χ1) is 16.5. The topological polar surface area (TPSA) is 108 Å². The zero-order chi connectivity index (χ0) is 25.3. The molecule has 4 rings (SSSR count). The first-order valence-corrected chi connectivity index (χ1v) is 13.4. The number of rotatable bonds is 5. The van der Waals surface area contributed by atoms with Crippen LogP contribution in [0.25, 0.3) is 0 Å². The Hall–Kier alpha value is -3.18. The Morgan fingerprint density at radius 2 is 1.83 bits per heavy atom. The predicted molar refractivity (Wildman–Crippen MR) is 133 cm³/mol. The number of nitrogens with one attached hydrogen (secondary N) is 1. The van der Waals surface area contributed by atoms with Crippen LogP contribution in [0.3, 0.4) is 0 Å². The minimum Gasteiger partial charge on any atom is -0.343 e. The van der Waals surface area contributed by atoms with Crippen molar-refractivity contribution in [2.45, 2.75) is 26.3 Å². The van der Waals surface area contributed by atoms with Gasteiger partial charge in [-0.15, -0.1) is 0 Å². The van der Waals surface area contributed by atoms with Crippen LogP contribution in [0.5, 0.6) is 0 Å². The monoisotopic (exact) mass is 500 g/mol. The van der Waals surface area contributed by atoms with E-state index in [1.54, 1.807) is 20.7 Å². The minimum atomic E-state index is -3.22. The summed E-state index contributed by atoms with van der Waals surface area (Å²) in [4.78, 5) is 29.4. The highest BCUT2D eigenvalue weighted by Gasteiger charge is 2.26. The standard InChI is InChI=1S/C24H32N6O4S/c1-17-13-20(24(32)29-15-18(2)26-23-21(16-29)14-25-27(23)3)6-5-19(17)7-8-22(31)28-9-11-30(12-10-28)35(4,33)34/h5-6,13-14,26H,2,7-12,15-16H2,1,3-4H3. The van der Waals surface area contributed by atoms with E-state index >= 15 is 0 Å². The fourth-order valence-electron chi connectivity index (χ4n) is 4.56. The zero-order valence-corrected chi connectivity index (χ0v) is 21.3. The lowest BCUT2D eigenvalue weighted by molar-refractivity contribution is -0.132. The van der Waals surface area contributed by atoms with Gasteiger partial charge in [-0.25, -0.2) is 8.42 Å². The van der Waals surface area contributed by atoms with Gasteiger partial charge in [0.15, 0.2) is 0 Å². The van der Waals surface area contributed by atoms with E-state index in [0.29, 0.717) is 57.7 Å². The number of hydrogen-bond acceptors (Lipinski definition) is 6. The summed E-state index contributed by atoms with van der Waals surface area (Å²) in [7, 11) is -1.38. The second kappa shape index (κ2) is 9.82. The third-order valence-corrected chi connectivity index (χ3v) is 7.90. The van der Waals surface area contributed by atoms with Crippen LogP contribution in [0, 0.1) is 6.92 Å². The number of aromatic nitrogens is 2. The number of sulfonamides is 1. The number of anilines is 1. The van der Waals surface area contributed by atoms with E-state index in [1.807, 2.05) is 32.2 Å². The Labute approximate surface area is 206 Å². The van der Waals surface area contributed by atoms with E-state index in [0.717, 1.165) is 28.2 Å². The fourth-order valence-corrected chi connectivity index (χ4v) is 5.39. The summed E-state index contributed by atoms with van der Waals surface area (Å²) in [6, 6.07) is 5.60. The van der Waals surface area contributed by atoms with Crippen molar-refractivity contribution in [3.8, 4) is 0 Å². The molecule has 0 unspecified atom stereocenters.